The van der Waals surface area contributed by atoms with E-state index in [1.54, 1.807) is 0 Å². The maximum absolute atomic E-state index is 6.62. The van der Waals surface area contributed by atoms with Gasteiger partial charge < -0.3 is 9.30 Å². The van der Waals surface area contributed by atoms with E-state index < -0.39 is 5.41 Å². The van der Waals surface area contributed by atoms with Crippen molar-refractivity contribution in [3.63, 3.8) is 0 Å². The lowest BCUT2D eigenvalue weighted by atomic mass is 9.66. The summed E-state index contributed by atoms with van der Waals surface area (Å²) in [6.45, 7) is 0. The molecule has 0 saturated carbocycles. The number of nitrogens with zero attached hydrogens (tertiary/aromatic N) is 4. The van der Waals surface area contributed by atoms with Gasteiger partial charge in [-0.1, -0.05) is 164 Å². The summed E-state index contributed by atoms with van der Waals surface area (Å²) in [5, 5.41) is 2.27. The minimum atomic E-state index is -0.544. The smallest absolute Gasteiger partial charge is 0.164 e. The van der Waals surface area contributed by atoms with Crippen molar-refractivity contribution in [3.8, 4) is 73.6 Å². The standard InChI is InChI=1S/C58H36N4O/c1-4-17-37(18-5-1)55-59-56(38-19-6-2-7-20-38)61-57(60-55)40-32-34-51-45(36-40)44-35-39(31-33-50(44)62(51)41-21-8-3-9-22-41)42-24-16-28-49-54(42)43-23-10-11-25-46(43)58(49)47-26-12-14-29-52(47)63-53-30-15-13-27-48(53)58/h1-36H. The van der Waals surface area contributed by atoms with Crippen LogP contribution in [0.25, 0.3) is 83.9 Å². The summed E-state index contributed by atoms with van der Waals surface area (Å²) in [5.74, 6) is 3.68. The average molecular weight is 805 g/mol. The molecule has 2 aromatic heterocycles. The van der Waals surface area contributed by atoms with Crippen LogP contribution in [-0.4, -0.2) is 19.5 Å². The molecular formula is C58H36N4O. The molecule has 13 rings (SSSR count). The quantitative estimate of drug-likeness (QED) is 0.174. The second kappa shape index (κ2) is 13.8. The molecule has 0 unspecified atom stereocenters. The molecule has 1 aliphatic heterocycles. The molecule has 0 radical (unpaired) electrons. The topological polar surface area (TPSA) is 52.8 Å². The summed E-state index contributed by atoms with van der Waals surface area (Å²) in [4.78, 5) is 15.2. The molecule has 63 heavy (non-hydrogen) atoms. The van der Waals surface area contributed by atoms with Crippen molar-refractivity contribution in [1.82, 2.24) is 19.5 Å². The third-order valence-electron chi connectivity index (χ3n) is 12.9. The Morgan fingerprint density at radius 1 is 0.349 bits per heavy atom. The maximum atomic E-state index is 6.62. The van der Waals surface area contributed by atoms with E-state index in [4.69, 9.17) is 19.7 Å². The molecular weight excluding hydrogens is 769 g/mol. The minimum absolute atomic E-state index is 0.544. The highest BCUT2D eigenvalue weighted by atomic mass is 16.5. The molecule has 294 valence electrons. The van der Waals surface area contributed by atoms with Crippen molar-refractivity contribution in [1.29, 1.82) is 0 Å². The van der Waals surface area contributed by atoms with Gasteiger partial charge in [0.2, 0.25) is 0 Å². The zero-order valence-electron chi connectivity index (χ0n) is 34.0. The number of ether oxygens (including phenoxy) is 1. The summed E-state index contributed by atoms with van der Waals surface area (Å²) < 4.78 is 8.99. The van der Waals surface area contributed by atoms with Crippen molar-refractivity contribution in [2.45, 2.75) is 5.41 Å². The lowest BCUT2D eigenvalue weighted by molar-refractivity contribution is 0.436. The number of hydrogen-bond donors (Lipinski definition) is 0. The predicted octanol–water partition coefficient (Wildman–Crippen LogP) is 14.1. The van der Waals surface area contributed by atoms with Gasteiger partial charge in [-0.05, 0) is 88.0 Å². The van der Waals surface area contributed by atoms with Gasteiger partial charge in [-0.25, -0.2) is 15.0 Å². The summed E-state index contributed by atoms with van der Waals surface area (Å²) in [6, 6.07) is 77.4. The van der Waals surface area contributed by atoms with Crippen molar-refractivity contribution in [2.75, 3.05) is 0 Å². The largest absolute Gasteiger partial charge is 0.457 e. The predicted molar refractivity (Wildman–Crippen MR) is 253 cm³/mol. The van der Waals surface area contributed by atoms with Crippen LogP contribution in [0.1, 0.15) is 22.3 Å². The first-order chi connectivity index (χ1) is 31.2. The average Bonchev–Trinajstić information content (AvgIpc) is 3.85. The number of fused-ring (bicyclic) bond motifs is 12. The molecule has 0 bridgehead atoms. The van der Waals surface area contributed by atoms with Gasteiger partial charge in [-0.3, -0.25) is 0 Å². The van der Waals surface area contributed by atoms with Crippen molar-refractivity contribution in [2.24, 2.45) is 0 Å². The van der Waals surface area contributed by atoms with Gasteiger partial charge in [0.25, 0.3) is 0 Å². The van der Waals surface area contributed by atoms with Gasteiger partial charge in [0.15, 0.2) is 17.5 Å². The van der Waals surface area contributed by atoms with Gasteiger partial charge in [0.05, 0.1) is 16.4 Å². The molecule has 1 aliphatic carbocycles. The van der Waals surface area contributed by atoms with Gasteiger partial charge >= 0.3 is 0 Å². The van der Waals surface area contributed by atoms with E-state index in [1.165, 1.54) is 27.8 Å². The van der Waals surface area contributed by atoms with Gasteiger partial charge in [-0.15, -0.1) is 0 Å². The monoisotopic (exact) mass is 804 g/mol. The molecule has 0 amide bonds. The van der Waals surface area contributed by atoms with Crippen LogP contribution >= 0.6 is 0 Å². The van der Waals surface area contributed by atoms with Crippen molar-refractivity contribution in [3.05, 3.63) is 241 Å². The van der Waals surface area contributed by atoms with Crippen LogP contribution in [0.3, 0.4) is 0 Å². The maximum Gasteiger partial charge on any atom is 0.164 e. The molecule has 0 saturated heterocycles. The highest BCUT2D eigenvalue weighted by molar-refractivity contribution is 6.12. The van der Waals surface area contributed by atoms with E-state index in [-0.39, 0.29) is 0 Å². The summed E-state index contributed by atoms with van der Waals surface area (Å²) in [5.41, 5.74) is 15.3. The van der Waals surface area contributed by atoms with E-state index in [0.29, 0.717) is 17.5 Å². The van der Waals surface area contributed by atoms with Crippen LogP contribution in [0, 0.1) is 0 Å². The normalized spacial score (nSPS) is 13.0. The van der Waals surface area contributed by atoms with Gasteiger partial charge in [-0.2, -0.15) is 0 Å². The number of rotatable bonds is 5. The molecule has 2 aliphatic rings. The van der Waals surface area contributed by atoms with Crippen molar-refractivity contribution >= 4 is 21.8 Å². The summed E-state index contributed by atoms with van der Waals surface area (Å²) >= 11 is 0. The second-order valence-electron chi connectivity index (χ2n) is 16.3. The van der Waals surface area contributed by atoms with E-state index >= 15 is 0 Å². The molecule has 5 nitrogen and oxygen atoms in total. The van der Waals surface area contributed by atoms with E-state index in [0.717, 1.165) is 72.4 Å². The molecule has 1 spiro atoms. The first kappa shape index (κ1) is 35.4. The van der Waals surface area contributed by atoms with Crippen LogP contribution in [0.2, 0.25) is 0 Å². The summed E-state index contributed by atoms with van der Waals surface area (Å²) in [6.07, 6.45) is 0. The first-order valence-corrected chi connectivity index (χ1v) is 21.4. The van der Waals surface area contributed by atoms with Crippen LogP contribution < -0.4 is 4.74 Å². The zero-order chi connectivity index (χ0) is 41.5. The lowest BCUT2D eigenvalue weighted by Crippen LogP contribution is -2.32. The fourth-order valence-electron chi connectivity index (χ4n) is 10.3. The number of para-hydroxylation sites is 3. The Hall–Kier alpha value is -8.41. The zero-order valence-corrected chi connectivity index (χ0v) is 34.0. The second-order valence-corrected chi connectivity index (χ2v) is 16.3. The molecule has 11 aromatic rings. The Morgan fingerprint density at radius 2 is 0.810 bits per heavy atom. The number of benzene rings is 9. The fraction of sp³-hybridized carbons (Fsp3) is 0.0172. The Bertz CT molecular complexity index is 3490. The Balaban J connectivity index is 1.05. The molecule has 0 atom stereocenters. The Labute approximate surface area is 364 Å². The Kier molecular flexibility index (Phi) is 7.75. The van der Waals surface area contributed by atoms with Gasteiger partial charge in [0, 0.05) is 44.3 Å². The molecule has 9 aromatic carbocycles. The fourth-order valence-corrected chi connectivity index (χ4v) is 10.3. The number of hydrogen-bond acceptors (Lipinski definition) is 4. The third kappa shape index (κ3) is 5.27. The molecule has 0 N–H and O–H groups in total. The van der Waals surface area contributed by atoms with Crippen LogP contribution in [-0.2, 0) is 5.41 Å². The first-order valence-electron chi connectivity index (χ1n) is 21.4. The highest BCUT2D eigenvalue weighted by Gasteiger charge is 2.51. The van der Waals surface area contributed by atoms with E-state index in [2.05, 4.69) is 162 Å². The van der Waals surface area contributed by atoms with E-state index in [9.17, 15) is 0 Å². The van der Waals surface area contributed by atoms with Crippen molar-refractivity contribution < 1.29 is 4.74 Å². The third-order valence-corrected chi connectivity index (χ3v) is 12.9. The number of aromatic nitrogens is 4. The molecule has 3 heterocycles. The molecule has 0 fully saturated rings. The van der Waals surface area contributed by atoms with Crippen LogP contribution in [0.15, 0.2) is 218 Å². The lowest BCUT2D eigenvalue weighted by Gasteiger charge is -2.39. The Morgan fingerprint density at radius 3 is 1.43 bits per heavy atom. The highest BCUT2D eigenvalue weighted by Crippen LogP contribution is 2.63. The van der Waals surface area contributed by atoms with Crippen LogP contribution in [0.4, 0.5) is 0 Å². The minimum Gasteiger partial charge on any atom is -0.457 e. The SMILES string of the molecule is c1ccc(-c2nc(-c3ccccc3)nc(-c3ccc4c(c3)c3cc(-c5cccc6c5-c5ccccc5C65c6ccccc6Oc6ccccc65)ccc3n4-c3ccccc3)n2)cc1. The van der Waals surface area contributed by atoms with Gasteiger partial charge in [0.1, 0.15) is 11.5 Å². The summed E-state index contributed by atoms with van der Waals surface area (Å²) in [7, 11) is 0. The molecule has 5 heteroatoms. The van der Waals surface area contributed by atoms with E-state index in [1.807, 2.05) is 60.7 Å². The van der Waals surface area contributed by atoms with Crippen LogP contribution in [0.5, 0.6) is 11.5 Å².